The molecule has 0 unspecified atom stereocenters. The summed E-state index contributed by atoms with van der Waals surface area (Å²) in [6.07, 6.45) is 6.96. The lowest BCUT2D eigenvalue weighted by Crippen LogP contribution is -2.72. The van der Waals surface area contributed by atoms with E-state index >= 15 is 4.79 Å². The van der Waals surface area contributed by atoms with Crippen molar-refractivity contribution in [1.82, 2.24) is 19.8 Å². The lowest BCUT2D eigenvalue weighted by Gasteiger charge is -2.56. The third-order valence-electron chi connectivity index (χ3n) is 11.4. The number of benzene rings is 4. The van der Waals surface area contributed by atoms with Crippen molar-refractivity contribution in [2.45, 2.75) is 39.1 Å². The molecule has 0 bridgehead atoms. The Kier molecular flexibility index (Phi) is 11.8. The van der Waals surface area contributed by atoms with Gasteiger partial charge >= 0.3 is 6.03 Å². The van der Waals surface area contributed by atoms with Gasteiger partial charge < -0.3 is 19.3 Å². The Hall–Kier alpha value is -5.19. The maximum absolute atomic E-state index is 16.2. The van der Waals surface area contributed by atoms with Crippen LogP contribution >= 0.6 is 46.4 Å². The molecule has 4 heterocycles. The number of aryl methyl sites for hydroxylation is 4. The third kappa shape index (κ3) is 8.04. The molecule has 2 fully saturated rings. The Labute approximate surface area is 371 Å². The minimum Gasteiger partial charge on any atom is -0.461 e. The molecule has 0 aliphatic carbocycles. The van der Waals surface area contributed by atoms with Crippen LogP contribution in [0.25, 0.3) is 0 Å². The predicted molar refractivity (Wildman–Crippen MR) is 241 cm³/mol. The smallest absolute Gasteiger partial charge is 0.326 e. The average molecular weight is 883 g/mol. The molecule has 8 rings (SSSR count). The predicted octanol–water partition coefficient (Wildman–Crippen LogP) is 11.3. The Morgan fingerprint density at radius 2 is 0.933 bits per heavy atom. The zero-order valence-electron chi connectivity index (χ0n) is 33.7. The van der Waals surface area contributed by atoms with Crippen molar-refractivity contribution >= 4 is 63.8 Å². The molecular weight excluding hydrogens is 838 g/mol. The van der Waals surface area contributed by atoms with Crippen LogP contribution in [-0.4, -0.2) is 65.1 Å². The Bertz CT molecular complexity index is 2360. The molecule has 6 aromatic rings. The molecule has 13 heteroatoms. The molecular formula is C47H44Cl4N6O3. The molecule has 0 N–H and O–H groups in total. The van der Waals surface area contributed by atoms with Crippen LogP contribution in [0.2, 0.25) is 20.1 Å². The Morgan fingerprint density at radius 1 is 0.533 bits per heavy atom. The van der Waals surface area contributed by atoms with Gasteiger partial charge in [0.25, 0.3) is 0 Å². The van der Waals surface area contributed by atoms with E-state index in [1.54, 1.807) is 36.9 Å². The lowest BCUT2D eigenvalue weighted by molar-refractivity contribution is -0.115. The molecule has 0 spiro atoms. The van der Waals surface area contributed by atoms with Gasteiger partial charge in [0.2, 0.25) is 11.4 Å². The number of piperazine rings is 2. The number of anilines is 2. The summed E-state index contributed by atoms with van der Waals surface area (Å²) >= 11 is 26.2. The number of halogens is 4. The highest BCUT2D eigenvalue weighted by molar-refractivity contribution is 6.31. The van der Waals surface area contributed by atoms with Gasteiger partial charge in [0.05, 0.1) is 13.1 Å². The molecule has 2 aliphatic heterocycles. The molecule has 60 heavy (non-hydrogen) atoms. The first-order valence-corrected chi connectivity index (χ1v) is 21.2. The Morgan fingerprint density at radius 3 is 1.32 bits per heavy atom. The number of hydrogen-bond acceptors (Lipinski definition) is 7. The maximum atomic E-state index is 16.2. The number of rotatable bonds is 8. The van der Waals surface area contributed by atoms with Gasteiger partial charge in [-0.15, -0.1) is 0 Å². The molecule has 308 valence electrons. The van der Waals surface area contributed by atoms with Gasteiger partial charge in [0.15, 0.2) is 0 Å². The second-order valence-electron chi connectivity index (χ2n) is 15.4. The van der Waals surface area contributed by atoms with E-state index in [2.05, 4.69) is 33.6 Å². The van der Waals surface area contributed by atoms with Gasteiger partial charge in [-0.2, -0.15) is 0 Å². The highest BCUT2D eigenvalue weighted by Gasteiger charge is 2.56. The fourth-order valence-corrected chi connectivity index (χ4v) is 9.13. The van der Waals surface area contributed by atoms with Gasteiger partial charge in [-0.1, -0.05) is 58.5 Å². The van der Waals surface area contributed by atoms with Crippen LogP contribution in [0.1, 0.15) is 33.4 Å². The zero-order chi connectivity index (χ0) is 42.2. The monoisotopic (exact) mass is 880 g/mol. The van der Waals surface area contributed by atoms with Crippen molar-refractivity contribution in [1.29, 1.82) is 0 Å². The number of aromatic nitrogens is 2. The minimum absolute atomic E-state index is 0.242. The SMILES string of the molecule is Cc1cc(Cl)ccc1O[C@@]1(c2cccnc2)CN(c2cc(Cl)ccc2C)CCN1C(=O)N1CCN(c2cc(Cl)ccc2C)C[C@@]1(Oc1ccc(Cl)cc1C)c1cccnc1. The van der Waals surface area contributed by atoms with Crippen molar-refractivity contribution in [2.24, 2.45) is 0 Å². The molecule has 2 amide bonds. The minimum atomic E-state index is -1.42. The van der Waals surface area contributed by atoms with E-state index < -0.39 is 11.4 Å². The average Bonchev–Trinajstić information content (AvgIpc) is 3.25. The number of carbonyl (C=O) groups excluding carboxylic acids is 1. The fourth-order valence-electron chi connectivity index (χ4n) is 8.35. The number of urea groups is 1. The lowest BCUT2D eigenvalue weighted by atomic mass is 9.95. The molecule has 4 aromatic carbocycles. The highest BCUT2D eigenvalue weighted by Crippen LogP contribution is 2.44. The van der Waals surface area contributed by atoms with Crippen LogP contribution < -0.4 is 19.3 Å². The summed E-state index contributed by atoms with van der Waals surface area (Å²) in [6.45, 7) is 9.98. The first-order chi connectivity index (χ1) is 28.9. The molecule has 2 aromatic heterocycles. The van der Waals surface area contributed by atoms with Gasteiger partial charge in [0, 0.05) is 93.6 Å². The van der Waals surface area contributed by atoms with Gasteiger partial charge in [-0.3, -0.25) is 19.8 Å². The summed E-state index contributed by atoms with van der Waals surface area (Å²) in [5.74, 6) is 1.14. The molecule has 2 saturated heterocycles. The summed E-state index contributed by atoms with van der Waals surface area (Å²) in [5.41, 5.74) is 4.11. The molecule has 0 radical (unpaired) electrons. The number of amides is 2. The first-order valence-electron chi connectivity index (χ1n) is 19.7. The number of nitrogens with zero attached hydrogens (tertiary/aromatic N) is 6. The van der Waals surface area contributed by atoms with Gasteiger partial charge in [-0.25, -0.2) is 4.79 Å². The second-order valence-corrected chi connectivity index (χ2v) is 17.1. The molecule has 2 atom stereocenters. The van der Waals surface area contributed by atoms with E-state index in [9.17, 15) is 0 Å². The summed E-state index contributed by atoms with van der Waals surface area (Å²) < 4.78 is 14.6. The topological polar surface area (TPSA) is 74.3 Å². The van der Waals surface area contributed by atoms with E-state index in [1.165, 1.54) is 0 Å². The van der Waals surface area contributed by atoms with Crippen LogP contribution in [0.15, 0.2) is 122 Å². The number of ether oxygens (including phenoxy) is 2. The first kappa shape index (κ1) is 41.5. The summed E-state index contributed by atoms with van der Waals surface area (Å²) in [5, 5.41) is 2.37. The van der Waals surface area contributed by atoms with Crippen LogP contribution in [-0.2, 0) is 11.4 Å². The zero-order valence-corrected chi connectivity index (χ0v) is 36.7. The largest absolute Gasteiger partial charge is 0.461 e. The van der Waals surface area contributed by atoms with E-state index in [-0.39, 0.29) is 32.2 Å². The summed E-state index contributed by atoms with van der Waals surface area (Å²) in [6, 6.07) is 30.0. The van der Waals surface area contributed by atoms with Crippen LogP contribution in [0, 0.1) is 27.7 Å². The van der Waals surface area contributed by atoms with E-state index in [0.29, 0.717) is 55.8 Å². The van der Waals surface area contributed by atoms with Crippen molar-refractivity contribution in [3.63, 3.8) is 0 Å². The van der Waals surface area contributed by atoms with Crippen molar-refractivity contribution < 1.29 is 14.3 Å². The van der Waals surface area contributed by atoms with Crippen molar-refractivity contribution in [2.75, 3.05) is 49.1 Å². The second kappa shape index (κ2) is 17.1. The van der Waals surface area contributed by atoms with E-state index in [0.717, 1.165) is 33.6 Å². The fraction of sp³-hybridized carbons (Fsp3) is 0.255. The third-order valence-corrected chi connectivity index (χ3v) is 12.4. The standard InChI is InChI=1S/C47H44Cl4N6O3/c1-31-9-11-39(50)25-41(31)54-19-21-56(46(29-54,35-7-5-17-52-27-35)59-43-15-13-37(48)23-33(43)3)45(58)57-22-20-55(42-26-40(51)12-10-32(42)2)30-47(57,36-8-6-18-53-28-36)60-44-16-14-38(49)24-34(44)4/h5-18,23-28H,19-22,29-30H2,1-4H3/t46-,47-/m1/s1. The molecule has 9 nitrogen and oxygen atoms in total. The number of pyridine rings is 2. The Balaban J connectivity index is 1.33. The van der Waals surface area contributed by atoms with Crippen LogP contribution in [0.4, 0.5) is 16.2 Å². The number of hydrogen-bond donors (Lipinski definition) is 0. The van der Waals surface area contributed by atoms with Crippen molar-refractivity contribution in [3.05, 3.63) is 175 Å². The highest BCUT2D eigenvalue weighted by atomic mass is 35.5. The van der Waals surface area contributed by atoms with E-state index in [1.807, 2.05) is 109 Å². The summed E-state index contributed by atoms with van der Waals surface area (Å²) in [7, 11) is 0. The van der Waals surface area contributed by atoms with Crippen LogP contribution in [0.5, 0.6) is 11.5 Å². The quantitative estimate of drug-likeness (QED) is 0.151. The van der Waals surface area contributed by atoms with E-state index in [4.69, 9.17) is 55.9 Å². The normalized spacial score (nSPS) is 19.3. The van der Waals surface area contributed by atoms with Crippen LogP contribution in [0.3, 0.4) is 0 Å². The molecule has 2 aliphatic rings. The van der Waals surface area contributed by atoms with Crippen molar-refractivity contribution in [3.8, 4) is 11.5 Å². The van der Waals surface area contributed by atoms with Gasteiger partial charge in [-0.05, 0) is 135 Å². The number of carbonyl (C=O) groups is 1. The summed E-state index contributed by atoms with van der Waals surface area (Å²) in [4.78, 5) is 33.5. The molecule has 0 saturated carbocycles. The maximum Gasteiger partial charge on any atom is 0.326 e. The van der Waals surface area contributed by atoms with Gasteiger partial charge in [0.1, 0.15) is 11.5 Å².